The molecule has 2 aromatic heterocycles. The van der Waals surface area contributed by atoms with E-state index >= 15 is 0 Å². The van der Waals surface area contributed by atoms with Gasteiger partial charge in [-0.2, -0.15) is 0 Å². The average molecular weight is 410 g/mol. The first-order valence-corrected chi connectivity index (χ1v) is 10.4. The van der Waals surface area contributed by atoms with E-state index in [0.29, 0.717) is 17.4 Å². The molecule has 3 rings (SSSR count). The molecule has 29 heavy (non-hydrogen) atoms. The van der Waals surface area contributed by atoms with Gasteiger partial charge in [0.1, 0.15) is 0 Å². The molecular weight excluding hydrogens is 392 g/mol. The van der Waals surface area contributed by atoms with Gasteiger partial charge < -0.3 is 10.6 Å². The van der Waals surface area contributed by atoms with E-state index < -0.39 is 15.7 Å². The predicted octanol–water partition coefficient (Wildman–Crippen LogP) is 2.12. The number of aldehydes is 1. The molecule has 0 spiro atoms. The maximum absolute atomic E-state index is 13.2. The second-order valence-electron chi connectivity index (χ2n) is 6.31. The molecule has 9 heteroatoms. The van der Waals surface area contributed by atoms with Crippen LogP contribution >= 0.6 is 0 Å². The van der Waals surface area contributed by atoms with Crippen molar-refractivity contribution in [2.24, 2.45) is 0 Å². The van der Waals surface area contributed by atoms with E-state index in [9.17, 15) is 18.0 Å². The van der Waals surface area contributed by atoms with Crippen molar-refractivity contribution in [2.45, 2.75) is 11.6 Å². The highest BCUT2D eigenvalue weighted by atomic mass is 32.2. The Bertz CT molecular complexity index is 1160. The third kappa shape index (κ3) is 4.46. The lowest BCUT2D eigenvalue weighted by Gasteiger charge is -2.24. The van der Waals surface area contributed by atoms with Gasteiger partial charge in [-0.25, -0.2) is 13.4 Å². The molecule has 8 nitrogen and oxygen atoms in total. The lowest BCUT2D eigenvalue weighted by molar-refractivity contribution is 0.0983. The summed E-state index contributed by atoms with van der Waals surface area (Å²) in [7, 11) is -3.70. The summed E-state index contributed by atoms with van der Waals surface area (Å²) in [6, 6.07) is 11.0. The number of nitrogen functional groups attached to an aromatic ring is 1. The van der Waals surface area contributed by atoms with Crippen molar-refractivity contribution in [3.63, 3.8) is 0 Å². The number of amides is 1. The molecule has 0 unspecified atom stereocenters. The van der Waals surface area contributed by atoms with Gasteiger partial charge in [0.15, 0.2) is 21.1 Å². The summed E-state index contributed by atoms with van der Waals surface area (Å²) in [5.74, 6) is -0.450. The number of carbonyl (C=O) groups excluding carboxylic acids is 2. The highest BCUT2D eigenvalue weighted by molar-refractivity contribution is 7.90. The molecule has 0 saturated heterocycles. The van der Waals surface area contributed by atoms with Crippen LogP contribution in [0.25, 0.3) is 0 Å². The molecule has 1 amide bonds. The normalized spacial score (nSPS) is 11.1. The number of hydrogen-bond acceptors (Lipinski definition) is 7. The van der Waals surface area contributed by atoms with E-state index in [2.05, 4.69) is 9.97 Å². The molecule has 0 aliphatic rings. The Morgan fingerprint density at radius 3 is 2.55 bits per heavy atom. The van der Waals surface area contributed by atoms with Crippen LogP contribution in [0.3, 0.4) is 0 Å². The number of nitrogens with zero attached hydrogens (tertiary/aromatic N) is 3. The number of nitrogens with two attached hydrogens (primary N) is 1. The lowest BCUT2D eigenvalue weighted by atomic mass is 10.1. The minimum Gasteiger partial charge on any atom is -0.398 e. The quantitative estimate of drug-likeness (QED) is 0.488. The summed E-state index contributed by atoms with van der Waals surface area (Å²) in [6.45, 7) is 0.0191. The Balaban J connectivity index is 2.12. The number of sulfone groups is 1. The first-order valence-electron chi connectivity index (χ1n) is 8.52. The van der Waals surface area contributed by atoms with E-state index in [1.165, 1.54) is 29.6 Å². The molecule has 1 aromatic carbocycles. The molecule has 0 aliphatic heterocycles. The van der Waals surface area contributed by atoms with Crippen molar-refractivity contribution in [2.75, 3.05) is 16.9 Å². The Morgan fingerprint density at radius 1 is 1.17 bits per heavy atom. The van der Waals surface area contributed by atoms with E-state index in [0.717, 1.165) is 6.26 Å². The van der Waals surface area contributed by atoms with Gasteiger partial charge in [-0.1, -0.05) is 6.07 Å². The summed E-state index contributed by atoms with van der Waals surface area (Å²) in [5, 5.41) is -0.213. The minimum atomic E-state index is -3.70. The van der Waals surface area contributed by atoms with Crippen LogP contribution in [0, 0.1) is 0 Å². The van der Waals surface area contributed by atoms with Crippen molar-refractivity contribution in [1.82, 2.24) is 9.97 Å². The number of pyridine rings is 2. The highest BCUT2D eigenvalue weighted by Crippen LogP contribution is 2.27. The van der Waals surface area contributed by atoms with E-state index in [-0.39, 0.29) is 28.5 Å². The third-order valence-electron chi connectivity index (χ3n) is 4.17. The van der Waals surface area contributed by atoms with Gasteiger partial charge in [0.2, 0.25) is 0 Å². The number of carbonyl (C=O) groups is 2. The van der Waals surface area contributed by atoms with E-state index in [4.69, 9.17) is 5.73 Å². The van der Waals surface area contributed by atoms with Gasteiger partial charge >= 0.3 is 0 Å². The third-order valence-corrected chi connectivity index (χ3v) is 5.18. The Kier molecular flexibility index (Phi) is 5.69. The fraction of sp³-hybridized carbons (Fsp3) is 0.100. The smallest absolute Gasteiger partial charge is 0.260 e. The van der Waals surface area contributed by atoms with Gasteiger partial charge in [-0.05, 0) is 42.0 Å². The standard InChI is InChI=1S/C20H18N4O4S/c1-29(27,28)19-18(5-3-9-23-19)24(20(26)15-4-2-8-22-11-15)12-14-6-7-16(13-25)17(21)10-14/h2-11,13H,12,21H2,1H3. The van der Waals surface area contributed by atoms with Gasteiger partial charge in [0, 0.05) is 36.1 Å². The second-order valence-corrected chi connectivity index (χ2v) is 8.24. The summed E-state index contributed by atoms with van der Waals surface area (Å²) in [6.07, 6.45) is 5.95. The van der Waals surface area contributed by atoms with Gasteiger partial charge in [0.05, 0.1) is 17.8 Å². The molecule has 2 heterocycles. The van der Waals surface area contributed by atoms with Crippen LogP contribution in [-0.4, -0.2) is 36.8 Å². The fourth-order valence-electron chi connectivity index (χ4n) is 2.80. The van der Waals surface area contributed by atoms with Crippen molar-refractivity contribution in [3.05, 3.63) is 77.7 Å². The Labute approximate surface area is 167 Å². The average Bonchev–Trinajstić information content (AvgIpc) is 2.72. The number of rotatable bonds is 6. The number of anilines is 2. The lowest BCUT2D eigenvalue weighted by Crippen LogP contribution is -2.32. The minimum absolute atomic E-state index is 0.0191. The summed E-state index contributed by atoms with van der Waals surface area (Å²) < 4.78 is 24.5. The maximum Gasteiger partial charge on any atom is 0.260 e. The first-order chi connectivity index (χ1) is 13.8. The van der Waals surface area contributed by atoms with Crippen LogP contribution in [0.2, 0.25) is 0 Å². The number of hydrogen-bond donors (Lipinski definition) is 1. The van der Waals surface area contributed by atoms with Crippen molar-refractivity contribution >= 4 is 33.4 Å². The monoisotopic (exact) mass is 410 g/mol. The molecule has 0 saturated carbocycles. The van der Waals surface area contributed by atoms with Crippen LogP contribution < -0.4 is 10.6 Å². The molecular formula is C20H18N4O4S. The molecule has 0 aliphatic carbocycles. The molecule has 0 radical (unpaired) electrons. The van der Waals surface area contributed by atoms with Crippen LogP contribution in [0.1, 0.15) is 26.3 Å². The van der Waals surface area contributed by atoms with E-state index in [1.54, 1.807) is 36.4 Å². The van der Waals surface area contributed by atoms with Crippen LogP contribution in [-0.2, 0) is 16.4 Å². The number of aromatic nitrogens is 2. The van der Waals surface area contributed by atoms with Crippen LogP contribution in [0.15, 0.2) is 66.1 Å². The summed E-state index contributed by atoms with van der Waals surface area (Å²) in [5.41, 5.74) is 7.52. The molecule has 3 aromatic rings. The zero-order chi connectivity index (χ0) is 21.0. The summed E-state index contributed by atoms with van der Waals surface area (Å²) in [4.78, 5) is 33.4. The highest BCUT2D eigenvalue weighted by Gasteiger charge is 2.25. The topological polar surface area (TPSA) is 123 Å². The van der Waals surface area contributed by atoms with E-state index in [1.807, 2.05) is 0 Å². The SMILES string of the molecule is CS(=O)(=O)c1ncccc1N(Cc1ccc(C=O)c(N)c1)C(=O)c1cccnc1. The predicted molar refractivity (Wildman–Crippen MR) is 108 cm³/mol. The van der Waals surface area contributed by atoms with Gasteiger partial charge in [0.25, 0.3) is 5.91 Å². The first kappa shape index (κ1) is 20.2. The van der Waals surface area contributed by atoms with Gasteiger partial charge in [-0.3, -0.25) is 14.6 Å². The zero-order valence-corrected chi connectivity index (χ0v) is 16.3. The van der Waals surface area contributed by atoms with Gasteiger partial charge in [-0.15, -0.1) is 0 Å². The maximum atomic E-state index is 13.2. The molecule has 0 atom stereocenters. The molecule has 0 fully saturated rings. The summed E-state index contributed by atoms with van der Waals surface area (Å²) >= 11 is 0. The van der Waals surface area contributed by atoms with Crippen molar-refractivity contribution in [3.8, 4) is 0 Å². The Hall–Kier alpha value is -3.59. The largest absolute Gasteiger partial charge is 0.398 e. The molecule has 0 bridgehead atoms. The zero-order valence-electron chi connectivity index (χ0n) is 15.5. The van der Waals surface area contributed by atoms with Crippen LogP contribution in [0.5, 0.6) is 0 Å². The van der Waals surface area contributed by atoms with Crippen molar-refractivity contribution in [1.29, 1.82) is 0 Å². The van der Waals surface area contributed by atoms with Crippen molar-refractivity contribution < 1.29 is 18.0 Å². The van der Waals surface area contributed by atoms with Crippen LogP contribution in [0.4, 0.5) is 11.4 Å². The molecule has 2 N–H and O–H groups in total. The number of benzene rings is 1. The fourth-order valence-corrected chi connectivity index (χ4v) is 3.61. The Morgan fingerprint density at radius 2 is 1.93 bits per heavy atom. The second kappa shape index (κ2) is 8.19. The molecule has 148 valence electrons.